The first kappa shape index (κ1) is 13.9. The molecular weight excluding hydrogens is 280 g/mol. The number of ether oxygens (including phenoxy) is 1. The summed E-state index contributed by atoms with van der Waals surface area (Å²) in [5.41, 5.74) is 1.03. The summed E-state index contributed by atoms with van der Waals surface area (Å²) in [5, 5.41) is 14.1. The van der Waals surface area contributed by atoms with Crippen LogP contribution < -0.4 is 10.1 Å². The third-order valence-electron chi connectivity index (χ3n) is 3.37. The van der Waals surface area contributed by atoms with Crippen molar-refractivity contribution in [2.24, 2.45) is 0 Å². The highest BCUT2D eigenvalue weighted by atomic mass is 16.5. The molecule has 0 spiro atoms. The van der Waals surface area contributed by atoms with E-state index in [1.165, 1.54) is 0 Å². The Bertz CT molecular complexity index is 829. The molecular formula is C17H14N2O3. The predicted molar refractivity (Wildman–Crippen MR) is 85.0 cm³/mol. The summed E-state index contributed by atoms with van der Waals surface area (Å²) in [4.78, 5) is 15.2. The number of aromatic carboxylic acids is 1. The lowest BCUT2D eigenvalue weighted by Crippen LogP contribution is -1.98. The van der Waals surface area contributed by atoms with Gasteiger partial charge in [0.25, 0.3) is 0 Å². The molecule has 3 aromatic rings. The van der Waals surface area contributed by atoms with Gasteiger partial charge in [-0.25, -0.2) is 9.78 Å². The Hall–Kier alpha value is -3.08. The SMILES string of the molecule is COc1ccc2c(Nc3ccc(C(=O)O)cc3)nccc2c1. The maximum atomic E-state index is 10.9. The summed E-state index contributed by atoms with van der Waals surface area (Å²) in [6.45, 7) is 0. The van der Waals surface area contributed by atoms with E-state index >= 15 is 0 Å². The van der Waals surface area contributed by atoms with Gasteiger partial charge in [-0.2, -0.15) is 0 Å². The summed E-state index contributed by atoms with van der Waals surface area (Å²) in [7, 11) is 1.63. The van der Waals surface area contributed by atoms with E-state index in [0.717, 1.165) is 22.2 Å². The Morgan fingerprint density at radius 3 is 2.59 bits per heavy atom. The molecule has 0 saturated heterocycles. The highest BCUT2D eigenvalue weighted by Crippen LogP contribution is 2.27. The van der Waals surface area contributed by atoms with Crippen molar-refractivity contribution in [3.8, 4) is 5.75 Å². The molecule has 0 aliphatic heterocycles. The molecule has 2 aromatic carbocycles. The number of rotatable bonds is 4. The van der Waals surface area contributed by atoms with Crippen LogP contribution >= 0.6 is 0 Å². The van der Waals surface area contributed by atoms with Crippen molar-refractivity contribution in [2.75, 3.05) is 12.4 Å². The molecule has 2 N–H and O–H groups in total. The van der Waals surface area contributed by atoms with Crippen molar-refractivity contribution in [3.05, 3.63) is 60.3 Å². The number of benzene rings is 2. The highest BCUT2D eigenvalue weighted by Gasteiger charge is 2.06. The molecule has 0 radical (unpaired) electrons. The van der Waals surface area contributed by atoms with Crippen molar-refractivity contribution in [1.29, 1.82) is 0 Å². The van der Waals surface area contributed by atoms with Gasteiger partial charge in [0.15, 0.2) is 0 Å². The number of methoxy groups -OCH3 is 1. The summed E-state index contributed by atoms with van der Waals surface area (Å²) in [6.07, 6.45) is 1.72. The zero-order valence-electron chi connectivity index (χ0n) is 11.9. The molecule has 0 aliphatic rings. The fraction of sp³-hybridized carbons (Fsp3) is 0.0588. The van der Waals surface area contributed by atoms with Gasteiger partial charge in [0.1, 0.15) is 11.6 Å². The average Bonchev–Trinajstić information content (AvgIpc) is 2.55. The second-order valence-corrected chi connectivity index (χ2v) is 4.75. The molecule has 0 unspecified atom stereocenters. The number of fused-ring (bicyclic) bond motifs is 1. The van der Waals surface area contributed by atoms with E-state index in [4.69, 9.17) is 9.84 Å². The first-order chi connectivity index (χ1) is 10.7. The predicted octanol–water partition coefficient (Wildman–Crippen LogP) is 3.69. The minimum absolute atomic E-state index is 0.251. The maximum Gasteiger partial charge on any atom is 0.335 e. The summed E-state index contributed by atoms with van der Waals surface area (Å²) in [6, 6.07) is 14.2. The largest absolute Gasteiger partial charge is 0.497 e. The van der Waals surface area contributed by atoms with Crippen LogP contribution in [0.1, 0.15) is 10.4 Å². The van der Waals surface area contributed by atoms with E-state index < -0.39 is 5.97 Å². The Balaban J connectivity index is 1.94. The van der Waals surface area contributed by atoms with Crippen LogP contribution in [0.15, 0.2) is 54.7 Å². The molecule has 0 bridgehead atoms. The topological polar surface area (TPSA) is 71.5 Å². The molecule has 1 heterocycles. The Morgan fingerprint density at radius 1 is 1.14 bits per heavy atom. The molecule has 1 aromatic heterocycles. The van der Waals surface area contributed by atoms with Crippen molar-refractivity contribution >= 4 is 28.2 Å². The lowest BCUT2D eigenvalue weighted by Gasteiger charge is -2.10. The van der Waals surface area contributed by atoms with Crippen LogP contribution in [0.5, 0.6) is 5.75 Å². The maximum absolute atomic E-state index is 10.9. The number of carboxylic acid groups (broad SMARTS) is 1. The summed E-state index contributed by atoms with van der Waals surface area (Å²) in [5.74, 6) is 0.556. The molecule has 22 heavy (non-hydrogen) atoms. The number of nitrogens with one attached hydrogen (secondary N) is 1. The van der Waals surface area contributed by atoms with Gasteiger partial charge in [-0.1, -0.05) is 0 Å². The van der Waals surface area contributed by atoms with E-state index in [0.29, 0.717) is 5.82 Å². The molecule has 0 aliphatic carbocycles. The molecule has 5 heteroatoms. The normalized spacial score (nSPS) is 10.4. The van der Waals surface area contributed by atoms with Gasteiger partial charge < -0.3 is 15.2 Å². The Labute approximate surface area is 127 Å². The van der Waals surface area contributed by atoms with E-state index in [1.807, 2.05) is 24.3 Å². The smallest absolute Gasteiger partial charge is 0.335 e. The van der Waals surface area contributed by atoms with Gasteiger partial charge in [-0.05, 0) is 53.9 Å². The third kappa shape index (κ3) is 2.69. The van der Waals surface area contributed by atoms with Crippen molar-refractivity contribution in [3.63, 3.8) is 0 Å². The van der Waals surface area contributed by atoms with Gasteiger partial charge >= 0.3 is 5.97 Å². The third-order valence-corrected chi connectivity index (χ3v) is 3.37. The first-order valence-corrected chi connectivity index (χ1v) is 6.70. The number of hydrogen-bond acceptors (Lipinski definition) is 4. The molecule has 110 valence electrons. The fourth-order valence-electron chi connectivity index (χ4n) is 2.22. The van der Waals surface area contributed by atoms with Crippen LogP contribution in [-0.2, 0) is 0 Å². The minimum Gasteiger partial charge on any atom is -0.497 e. The zero-order valence-corrected chi connectivity index (χ0v) is 11.9. The van der Waals surface area contributed by atoms with Crippen LogP contribution in [0.4, 0.5) is 11.5 Å². The second-order valence-electron chi connectivity index (χ2n) is 4.75. The van der Waals surface area contributed by atoms with Crippen molar-refractivity contribution < 1.29 is 14.6 Å². The van der Waals surface area contributed by atoms with Crippen LogP contribution in [-0.4, -0.2) is 23.2 Å². The summed E-state index contributed by atoms with van der Waals surface area (Å²) < 4.78 is 5.22. The van der Waals surface area contributed by atoms with Crippen molar-refractivity contribution in [1.82, 2.24) is 4.98 Å². The number of carbonyl (C=O) groups is 1. The minimum atomic E-state index is -0.943. The Kier molecular flexibility index (Phi) is 3.62. The van der Waals surface area contributed by atoms with Gasteiger partial charge in [0.2, 0.25) is 0 Å². The molecule has 0 amide bonds. The standard InChI is InChI=1S/C17H14N2O3/c1-22-14-6-7-15-12(10-14)8-9-18-16(15)19-13-4-2-11(3-5-13)17(20)21/h2-10H,1H3,(H,18,19)(H,20,21). The van der Waals surface area contributed by atoms with Gasteiger partial charge in [0, 0.05) is 17.3 Å². The number of aromatic nitrogens is 1. The number of nitrogens with zero attached hydrogens (tertiary/aromatic N) is 1. The van der Waals surface area contributed by atoms with Gasteiger partial charge in [-0.3, -0.25) is 0 Å². The van der Waals surface area contributed by atoms with Crippen LogP contribution in [0.3, 0.4) is 0 Å². The van der Waals surface area contributed by atoms with Crippen molar-refractivity contribution in [2.45, 2.75) is 0 Å². The van der Waals surface area contributed by atoms with Crippen LogP contribution in [0.25, 0.3) is 10.8 Å². The van der Waals surface area contributed by atoms with Crippen LogP contribution in [0, 0.1) is 0 Å². The van der Waals surface area contributed by atoms with E-state index in [-0.39, 0.29) is 5.56 Å². The van der Waals surface area contributed by atoms with E-state index in [1.54, 1.807) is 37.6 Å². The molecule has 5 nitrogen and oxygen atoms in total. The van der Waals surface area contributed by atoms with E-state index in [2.05, 4.69) is 10.3 Å². The fourth-order valence-corrected chi connectivity index (χ4v) is 2.22. The lowest BCUT2D eigenvalue weighted by molar-refractivity contribution is 0.0697. The first-order valence-electron chi connectivity index (χ1n) is 6.70. The average molecular weight is 294 g/mol. The van der Waals surface area contributed by atoms with Gasteiger partial charge in [-0.15, -0.1) is 0 Å². The number of carboxylic acids is 1. The Morgan fingerprint density at radius 2 is 1.91 bits per heavy atom. The molecule has 3 rings (SSSR count). The summed E-state index contributed by atoms with van der Waals surface area (Å²) >= 11 is 0. The molecule has 0 fully saturated rings. The monoisotopic (exact) mass is 294 g/mol. The second kappa shape index (κ2) is 5.73. The zero-order chi connectivity index (χ0) is 15.5. The molecule has 0 saturated carbocycles. The lowest BCUT2D eigenvalue weighted by atomic mass is 10.1. The highest BCUT2D eigenvalue weighted by molar-refractivity contribution is 5.94. The van der Waals surface area contributed by atoms with E-state index in [9.17, 15) is 4.79 Å². The number of anilines is 2. The number of pyridine rings is 1. The molecule has 0 atom stereocenters. The quantitative estimate of drug-likeness (QED) is 0.768. The van der Waals surface area contributed by atoms with Gasteiger partial charge in [0.05, 0.1) is 12.7 Å². The van der Waals surface area contributed by atoms with Crippen LogP contribution in [0.2, 0.25) is 0 Å². The number of hydrogen-bond donors (Lipinski definition) is 2.